The van der Waals surface area contributed by atoms with E-state index in [9.17, 15) is 4.79 Å². The third kappa shape index (κ3) is 1.65. The Hall–Kier alpha value is -1.68. The molecule has 0 atom stereocenters. The van der Waals surface area contributed by atoms with Gasteiger partial charge in [0.25, 0.3) is 0 Å². The molecule has 0 aliphatic carbocycles. The van der Waals surface area contributed by atoms with Gasteiger partial charge in [-0.05, 0) is 12.1 Å². The van der Waals surface area contributed by atoms with Gasteiger partial charge >= 0.3 is 0 Å². The quantitative estimate of drug-likeness (QED) is 0.561. The molecule has 0 bridgehead atoms. The summed E-state index contributed by atoms with van der Waals surface area (Å²) in [6, 6.07) is 3.34. The Morgan fingerprint density at radius 2 is 2.14 bits per heavy atom. The second kappa shape index (κ2) is 3.59. The van der Waals surface area contributed by atoms with Gasteiger partial charge in [0.1, 0.15) is 5.15 Å². The van der Waals surface area contributed by atoms with Gasteiger partial charge in [0.15, 0.2) is 12.0 Å². The molecule has 0 radical (unpaired) electrons. The maximum absolute atomic E-state index is 10.3. The minimum atomic E-state index is 0.190. The van der Waals surface area contributed by atoms with E-state index in [-0.39, 0.29) is 5.76 Å². The molecule has 5 heteroatoms. The summed E-state index contributed by atoms with van der Waals surface area (Å²) in [6.45, 7) is 0. The van der Waals surface area contributed by atoms with Gasteiger partial charge in [-0.15, -0.1) is 0 Å². The van der Waals surface area contributed by atoms with E-state index < -0.39 is 0 Å². The highest BCUT2D eigenvalue weighted by Crippen LogP contribution is 2.18. The Bertz CT molecular complexity index is 450. The van der Waals surface area contributed by atoms with Crippen LogP contribution in [0.15, 0.2) is 28.9 Å². The van der Waals surface area contributed by atoms with Crippen LogP contribution in [0.3, 0.4) is 0 Å². The highest BCUT2D eigenvalue weighted by Gasteiger charge is 2.05. The number of oxazole rings is 1. The Morgan fingerprint density at radius 3 is 2.71 bits per heavy atom. The van der Waals surface area contributed by atoms with Crippen LogP contribution in [0.4, 0.5) is 0 Å². The first-order valence-electron chi connectivity index (χ1n) is 3.82. The van der Waals surface area contributed by atoms with E-state index in [4.69, 9.17) is 16.0 Å². The summed E-state index contributed by atoms with van der Waals surface area (Å²) in [5.74, 6) is 0.547. The Morgan fingerprint density at radius 1 is 1.29 bits per heavy atom. The molecule has 0 N–H and O–H groups in total. The van der Waals surface area contributed by atoms with E-state index in [2.05, 4.69) is 9.97 Å². The van der Waals surface area contributed by atoms with E-state index >= 15 is 0 Å². The molecule has 0 amide bonds. The molecule has 0 spiro atoms. The van der Waals surface area contributed by atoms with Crippen LogP contribution in [0.1, 0.15) is 10.6 Å². The first kappa shape index (κ1) is 8.90. The summed E-state index contributed by atoms with van der Waals surface area (Å²) < 4.78 is 5.10. The van der Waals surface area contributed by atoms with Crippen LogP contribution in [0.25, 0.3) is 11.5 Å². The van der Waals surface area contributed by atoms with E-state index in [1.165, 1.54) is 12.4 Å². The number of aldehydes is 1. The highest BCUT2D eigenvalue weighted by atomic mass is 35.5. The van der Waals surface area contributed by atoms with Gasteiger partial charge in [0.05, 0.1) is 11.8 Å². The van der Waals surface area contributed by atoms with E-state index in [1.54, 1.807) is 12.1 Å². The molecular weight excluding hydrogens is 204 g/mol. The lowest BCUT2D eigenvalue weighted by Gasteiger charge is -1.93. The smallest absolute Gasteiger partial charge is 0.228 e. The number of pyridine rings is 1. The second-order valence-corrected chi connectivity index (χ2v) is 2.94. The van der Waals surface area contributed by atoms with Crippen LogP contribution in [0.2, 0.25) is 5.15 Å². The third-order valence-corrected chi connectivity index (χ3v) is 1.84. The lowest BCUT2D eigenvalue weighted by Crippen LogP contribution is -1.79. The van der Waals surface area contributed by atoms with Crippen LogP contribution in [0.5, 0.6) is 0 Å². The molecule has 2 rings (SSSR count). The number of carbonyl (C=O) groups excluding carboxylic acids is 1. The van der Waals surface area contributed by atoms with Crippen LogP contribution in [-0.2, 0) is 0 Å². The largest absolute Gasteiger partial charge is 0.433 e. The minimum absolute atomic E-state index is 0.190. The van der Waals surface area contributed by atoms with Crippen LogP contribution in [-0.4, -0.2) is 16.3 Å². The zero-order valence-electron chi connectivity index (χ0n) is 6.98. The number of carbonyl (C=O) groups is 1. The Kier molecular flexibility index (Phi) is 2.28. The zero-order valence-corrected chi connectivity index (χ0v) is 7.73. The summed E-state index contributed by atoms with van der Waals surface area (Å²) in [4.78, 5) is 18.1. The van der Waals surface area contributed by atoms with Gasteiger partial charge in [-0.25, -0.2) is 9.97 Å². The number of hydrogen-bond acceptors (Lipinski definition) is 4. The maximum atomic E-state index is 10.3. The molecule has 2 heterocycles. The molecule has 70 valence electrons. The highest BCUT2D eigenvalue weighted by molar-refractivity contribution is 6.29. The van der Waals surface area contributed by atoms with Gasteiger partial charge in [0, 0.05) is 6.20 Å². The molecule has 0 aromatic carbocycles. The van der Waals surface area contributed by atoms with Crippen molar-refractivity contribution < 1.29 is 9.21 Å². The SMILES string of the molecule is O=Cc1cnc(-c2ccc(Cl)nc2)o1. The summed E-state index contributed by atoms with van der Waals surface area (Å²) in [5, 5.41) is 0.399. The fourth-order valence-corrected chi connectivity index (χ4v) is 1.09. The molecule has 0 fully saturated rings. The average molecular weight is 209 g/mol. The van der Waals surface area contributed by atoms with E-state index in [1.807, 2.05) is 0 Å². The molecule has 0 unspecified atom stereocenters. The summed E-state index contributed by atoms with van der Waals surface area (Å²) in [7, 11) is 0. The molecule has 2 aromatic rings. The average Bonchev–Trinajstić information content (AvgIpc) is 2.67. The summed E-state index contributed by atoms with van der Waals surface area (Å²) in [6.07, 6.45) is 3.49. The summed E-state index contributed by atoms with van der Waals surface area (Å²) in [5.41, 5.74) is 0.683. The Labute approximate surface area is 84.6 Å². The van der Waals surface area contributed by atoms with E-state index in [0.29, 0.717) is 22.9 Å². The molecule has 0 aliphatic rings. The molecular formula is C9H5ClN2O2. The zero-order chi connectivity index (χ0) is 9.97. The van der Waals surface area contributed by atoms with Gasteiger partial charge in [-0.3, -0.25) is 4.79 Å². The number of hydrogen-bond donors (Lipinski definition) is 0. The van der Waals surface area contributed by atoms with E-state index in [0.717, 1.165) is 0 Å². The lowest BCUT2D eigenvalue weighted by atomic mass is 10.3. The number of nitrogens with zero attached hydrogens (tertiary/aromatic N) is 2. The first-order chi connectivity index (χ1) is 6.79. The van der Waals surface area contributed by atoms with Crippen molar-refractivity contribution in [3.05, 3.63) is 35.4 Å². The van der Waals surface area contributed by atoms with Crippen molar-refractivity contribution in [3.8, 4) is 11.5 Å². The Balaban J connectivity index is 2.39. The van der Waals surface area contributed by atoms with Crippen LogP contribution in [0, 0.1) is 0 Å². The second-order valence-electron chi connectivity index (χ2n) is 2.56. The van der Waals surface area contributed by atoms with Crippen molar-refractivity contribution in [2.45, 2.75) is 0 Å². The molecule has 14 heavy (non-hydrogen) atoms. The van der Waals surface area contributed by atoms with Crippen molar-refractivity contribution in [1.29, 1.82) is 0 Å². The van der Waals surface area contributed by atoms with Crippen LogP contribution >= 0.6 is 11.6 Å². The normalized spacial score (nSPS) is 10.1. The fraction of sp³-hybridized carbons (Fsp3) is 0. The monoisotopic (exact) mass is 208 g/mol. The lowest BCUT2D eigenvalue weighted by molar-refractivity contribution is 0.110. The van der Waals surface area contributed by atoms with Crippen molar-refractivity contribution in [3.63, 3.8) is 0 Å². The molecule has 0 saturated carbocycles. The van der Waals surface area contributed by atoms with Crippen molar-refractivity contribution in [2.75, 3.05) is 0 Å². The molecule has 2 aromatic heterocycles. The fourth-order valence-electron chi connectivity index (χ4n) is 0.977. The van der Waals surface area contributed by atoms with Crippen LogP contribution < -0.4 is 0 Å². The van der Waals surface area contributed by atoms with Gasteiger partial charge in [-0.2, -0.15) is 0 Å². The number of aromatic nitrogens is 2. The molecule has 0 aliphatic heterocycles. The topological polar surface area (TPSA) is 56.0 Å². The number of halogens is 1. The third-order valence-electron chi connectivity index (χ3n) is 1.61. The number of rotatable bonds is 2. The molecule has 0 saturated heterocycles. The van der Waals surface area contributed by atoms with Gasteiger partial charge in [0.2, 0.25) is 5.89 Å². The maximum Gasteiger partial charge on any atom is 0.228 e. The van der Waals surface area contributed by atoms with Crippen molar-refractivity contribution >= 4 is 17.9 Å². The predicted molar refractivity (Wildman–Crippen MR) is 50.1 cm³/mol. The van der Waals surface area contributed by atoms with Gasteiger partial charge < -0.3 is 4.42 Å². The first-order valence-corrected chi connectivity index (χ1v) is 4.20. The van der Waals surface area contributed by atoms with Gasteiger partial charge in [-0.1, -0.05) is 11.6 Å². The standard InChI is InChI=1S/C9H5ClN2O2/c10-8-2-1-6(3-11-8)9-12-4-7(5-13)14-9/h1-5H. The summed E-state index contributed by atoms with van der Waals surface area (Å²) >= 11 is 5.61. The van der Waals surface area contributed by atoms with Crippen molar-refractivity contribution in [2.24, 2.45) is 0 Å². The van der Waals surface area contributed by atoms with Crippen molar-refractivity contribution in [1.82, 2.24) is 9.97 Å². The minimum Gasteiger partial charge on any atom is -0.433 e. The predicted octanol–water partition coefficient (Wildman–Crippen LogP) is 2.20. The molecule has 4 nitrogen and oxygen atoms in total.